The Morgan fingerprint density at radius 3 is 2.40 bits per heavy atom. The molecule has 3 heteroatoms. The molecule has 56 valence electrons. The van der Waals surface area contributed by atoms with Gasteiger partial charge in [0.05, 0.1) is 5.03 Å². The van der Waals surface area contributed by atoms with E-state index < -0.39 is 0 Å². The van der Waals surface area contributed by atoms with Gasteiger partial charge in [-0.1, -0.05) is 0 Å². The molecule has 1 aromatic heterocycles. The first-order valence-electron chi connectivity index (χ1n) is 3.03. The van der Waals surface area contributed by atoms with Crippen molar-refractivity contribution in [2.45, 2.75) is 9.92 Å². The van der Waals surface area contributed by atoms with Crippen LogP contribution in [0.3, 0.4) is 0 Å². The van der Waals surface area contributed by atoms with Crippen LogP contribution in [0.1, 0.15) is 0 Å². The fourth-order valence-corrected chi connectivity index (χ4v) is 2.53. The third-order valence-corrected chi connectivity index (χ3v) is 3.19. The molecule has 0 unspecified atom stereocenters. The lowest BCUT2D eigenvalue weighted by atomic mass is 10.7. The van der Waals surface area contributed by atoms with Crippen molar-refractivity contribution in [2.75, 3.05) is 12.5 Å². The molecule has 0 aliphatic heterocycles. The van der Waals surface area contributed by atoms with E-state index in [2.05, 4.69) is 36.4 Å². The van der Waals surface area contributed by atoms with Gasteiger partial charge in [-0.25, -0.2) is 0 Å². The summed E-state index contributed by atoms with van der Waals surface area (Å²) in [5.41, 5.74) is 0. The lowest BCUT2D eigenvalue weighted by Gasteiger charge is -1.99. The molecule has 0 spiro atoms. The van der Waals surface area contributed by atoms with Gasteiger partial charge in [0.15, 0.2) is 0 Å². The Kier molecular flexibility index (Phi) is 2.74. The summed E-state index contributed by atoms with van der Waals surface area (Å²) in [7, 11) is 2.07. The summed E-state index contributed by atoms with van der Waals surface area (Å²) >= 11 is 3.59. The maximum atomic E-state index is 2.15. The van der Waals surface area contributed by atoms with Crippen molar-refractivity contribution < 1.29 is 0 Å². The Hall–Kier alpha value is -0.0200. The summed E-state index contributed by atoms with van der Waals surface area (Å²) in [6, 6.07) is 2.15. The molecule has 0 aliphatic carbocycles. The molecular weight excluding hydrogens is 162 g/mol. The third-order valence-electron chi connectivity index (χ3n) is 1.39. The molecule has 0 radical (unpaired) electrons. The summed E-state index contributed by atoms with van der Waals surface area (Å²) in [4.78, 5) is 1.37. The molecule has 0 aliphatic rings. The molecule has 0 bridgehead atoms. The predicted molar refractivity (Wildman–Crippen MR) is 49.0 cm³/mol. The number of aryl methyl sites for hydroxylation is 1. The van der Waals surface area contributed by atoms with Crippen molar-refractivity contribution in [3.05, 3.63) is 12.3 Å². The van der Waals surface area contributed by atoms with Gasteiger partial charge in [-0.3, -0.25) is 0 Å². The number of rotatable bonds is 2. The van der Waals surface area contributed by atoms with Crippen LogP contribution in [0, 0.1) is 0 Å². The van der Waals surface area contributed by atoms with E-state index in [-0.39, 0.29) is 0 Å². The molecule has 0 aromatic carbocycles. The van der Waals surface area contributed by atoms with Gasteiger partial charge in [-0.2, -0.15) is 0 Å². The zero-order valence-electron chi connectivity index (χ0n) is 6.42. The number of nitrogens with zero attached hydrogens (tertiary/aromatic N) is 1. The summed E-state index contributed by atoms with van der Waals surface area (Å²) in [5.74, 6) is 0. The fourth-order valence-electron chi connectivity index (χ4n) is 0.892. The highest BCUT2D eigenvalue weighted by Gasteiger charge is 2.02. The van der Waals surface area contributed by atoms with Crippen LogP contribution >= 0.6 is 23.5 Å². The second-order valence-electron chi connectivity index (χ2n) is 2.00. The van der Waals surface area contributed by atoms with Crippen LogP contribution in [0.2, 0.25) is 0 Å². The molecule has 1 rings (SSSR count). The van der Waals surface area contributed by atoms with Crippen LogP contribution in [0.5, 0.6) is 0 Å². The molecule has 1 heterocycles. The average Bonchev–Trinajstić information content (AvgIpc) is 2.30. The largest absolute Gasteiger partial charge is 0.345 e. The highest BCUT2D eigenvalue weighted by atomic mass is 32.2. The van der Waals surface area contributed by atoms with Gasteiger partial charge in [-0.15, -0.1) is 23.5 Å². The summed E-state index contributed by atoms with van der Waals surface area (Å²) in [6.07, 6.45) is 6.31. The number of hydrogen-bond acceptors (Lipinski definition) is 2. The van der Waals surface area contributed by atoms with E-state index in [4.69, 9.17) is 0 Å². The van der Waals surface area contributed by atoms with E-state index in [1.165, 1.54) is 9.92 Å². The van der Waals surface area contributed by atoms with E-state index >= 15 is 0 Å². The number of thioether (sulfide) groups is 2. The van der Waals surface area contributed by atoms with Crippen molar-refractivity contribution >= 4 is 23.5 Å². The van der Waals surface area contributed by atoms with Crippen molar-refractivity contribution in [2.24, 2.45) is 7.05 Å². The van der Waals surface area contributed by atoms with Crippen LogP contribution in [0.25, 0.3) is 0 Å². The molecule has 1 aromatic rings. The summed E-state index contributed by atoms with van der Waals surface area (Å²) in [6.45, 7) is 0. The second kappa shape index (κ2) is 3.39. The van der Waals surface area contributed by atoms with E-state index in [9.17, 15) is 0 Å². The molecule has 0 amide bonds. The van der Waals surface area contributed by atoms with E-state index in [0.717, 1.165) is 0 Å². The monoisotopic (exact) mass is 173 g/mol. The third kappa shape index (κ3) is 1.35. The number of aromatic nitrogens is 1. The standard InChI is InChI=1S/C7H11NS2/c1-8-5-4-6(9-2)7(8)10-3/h4-5H,1-3H3. The molecule has 0 saturated heterocycles. The first kappa shape index (κ1) is 8.08. The zero-order valence-corrected chi connectivity index (χ0v) is 8.05. The minimum absolute atomic E-state index is 1.35. The van der Waals surface area contributed by atoms with Crippen LogP contribution in [0.15, 0.2) is 22.2 Å². The minimum atomic E-state index is 1.35. The molecule has 0 fully saturated rings. The Morgan fingerprint density at radius 2 is 2.00 bits per heavy atom. The average molecular weight is 173 g/mol. The molecule has 10 heavy (non-hydrogen) atoms. The van der Waals surface area contributed by atoms with Crippen molar-refractivity contribution in [1.82, 2.24) is 4.57 Å². The molecular formula is C7H11NS2. The topological polar surface area (TPSA) is 4.93 Å². The lowest BCUT2D eigenvalue weighted by molar-refractivity contribution is 0.809. The highest BCUT2D eigenvalue weighted by molar-refractivity contribution is 8.01. The van der Waals surface area contributed by atoms with Gasteiger partial charge >= 0.3 is 0 Å². The Balaban J connectivity index is 3.01. The Bertz CT molecular complexity index is 217. The van der Waals surface area contributed by atoms with Crippen molar-refractivity contribution in [1.29, 1.82) is 0 Å². The van der Waals surface area contributed by atoms with E-state index in [1.807, 2.05) is 0 Å². The van der Waals surface area contributed by atoms with Gasteiger partial charge in [0.25, 0.3) is 0 Å². The maximum absolute atomic E-state index is 2.15. The maximum Gasteiger partial charge on any atom is 0.0880 e. The summed E-state index contributed by atoms with van der Waals surface area (Å²) in [5, 5.41) is 1.35. The second-order valence-corrected chi connectivity index (χ2v) is 3.65. The Labute approximate surface area is 70.2 Å². The van der Waals surface area contributed by atoms with E-state index in [1.54, 1.807) is 23.5 Å². The highest BCUT2D eigenvalue weighted by Crippen LogP contribution is 2.27. The fraction of sp³-hybridized carbons (Fsp3) is 0.429. The van der Waals surface area contributed by atoms with Gasteiger partial charge in [0.1, 0.15) is 0 Å². The zero-order chi connectivity index (χ0) is 7.56. The van der Waals surface area contributed by atoms with Gasteiger partial charge in [0.2, 0.25) is 0 Å². The van der Waals surface area contributed by atoms with Crippen molar-refractivity contribution in [3.63, 3.8) is 0 Å². The normalized spacial score (nSPS) is 10.3. The van der Waals surface area contributed by atoms with Crippen molar-refractivity contribution in [3.8, 4) is 0 Å². The quantitative estimate of drug-likeness (QED) is 0.633. The molecule has 0 atom stereocenters. The minimum Gasteiger partial charge on any atom is -0.345 e. The van der Waals surface area contributed by atoms with Crippen LogP contribution in [0.4, 0.5) is 0 Å². The predicted octanol–water partition coefficient (Wildman–Crippen LogP) is 2.47. The number of hydrogen-bond donors (Lipinski definition) is 0. The van der Waals surface area contributed by atoms with E-state index in [0.29, 0.717) is 0 Å². The Morgan fingerprint density at radius 1 is 1.30 bits per heavy atom. The van der Waals surface area contributed by atoms with Crippen LogP contribution < -0.4 is 0 Å². The SMILES string of the molecule is CSc1ccn(C)c1SC. The lowest BCUT2D eigenvalue weighted by Crippen LogP contribution is -1.86. The first-order valence-corrected chi connectivity index (χ1v) is 5.48. The summed E-state index contributed by atoms with van der Waals surface area (Å²) < 4.78 is 2.15. The van der Waals surface area contributed by atoms with Crippen LogP contribution in [-0.2, 0) is 7.05 Å². The molecule has 0 N–H and O–H groups in total. The smallest absolute Gasteiger partial charge is 0.0880 e. The van der Waals surface area contributed by atoms with Gasteiger partial charge in [0, 0.05) is 18.1 Å². The molecule has 0 saturated carbocycles. The molecule has 1 nitrogen and oxygen atoms in total. The first-order chi connectivity index (χ1) is 4.79. The van der Waals surface area contributed by atoms with Gasteiger partial charge in [-0.05, 0) is 18.6 Å². The van der Waals surface area contributed by atoms with Gasteiger partial charge < -0.3 is 4.57 Å². The van der Waals surface area contributed by atoms with Crippen LogP contribution in [-0.4, -0.2) is 17.1 Å².